The standard InChI is InChI=1S/C15H17N5O2S/c1-15(22)8-23-14(20(15)10-6-4-3-5-7-10)19-12-11(13(21)16-2)17-9-18-12/h3-7,9,22H,8H2,1-2H3,(H,16,21)(H,17,18). The van der Waals surface area contributed by atoms with Crippen molar-refractivity contribution in [2.45, 2.75) is 12.6 Å². The molecule has 1 aromatic carbocycles. The topological polar surface area (TPSA) is 93.6 Å². The van der Waals surface area contributed by atoms with Gasteiger partial charge in [-0.25, -0.2) is 9.98 Å². The van der Waals surface area contributed by atoms with Crippen molar-refractivity contribution in [3.63, 3.8) is 0 Å². The zero-order valence-electron chi connectivity index (χ0n) is 12.8. The number of nitrogens with one attached hydrogen (secondary N) is 2. The molecule has 8 heteroatoms. The van der Waals surface area contributed by atoms with Gasteiger partial charge < -0.3 is 15.4 Å². The van der Waals surface area contributed by atoms with Gasteiger partial charge in [0.1, 0.15) is 0 Å². The number of thioether (sulfide) groups is 1. The molecule has 2 heterocycles. The van der Waals surface area contributed by atoms with Crippen molar-refractivity contribution in [1.29, 1.82) is 0 Å². The monoisotopic (exact) mass is 331 g/mol. The Morgan fingerprint density at radius 1 is 1.48 bits per heavy atom. The van der Waals surface area contributed by atoms with Crippen LogP contribution in [0.3, 0.4) is 0 Å². The lowest BCUT2D eigenvalue weighted by Gasteiger charge is -2.30. The van der Waals surface area contributed by atoms with E-state index < -0.39 is 5.72 Å². The smallest absolute Gasteiger partial charge is 0.271 e. The first-order valence-corrected chi connectivity index (χ1v) is 8.06. The largest absolute Gasteiger partial charge is 0.370 e. The number of H-pyrrole nitrogens is 1. The number of para-hydroxylation sites is 1. The summed E-state index contributed by atoms with van der Waals surface area (Å²) in [6.07, 6.45) is 1.43. The molecular formula is C15H17N5O2S. The minimum absolute atomic E-state index is 0.289. The van der Waals surface area contributed by atoms with Crippen LogP contribution in [0.4, 0.5) is 11.5 Å². The van der Waals surface area contributed by atoms with Gasteiger partial charge in [-0.15, -0.1) is 0 Å². The first-order valence-electron chi connectivity index (χ1n) is 7.07. The van der Waals surface area contributed by atoms with Gasteiger partial charge in [-0.05, 0) is 19.1 Å². The molecule has 0 bridgehead atoms. The van der Waals surface area contributed by atoms with Crippen molar-refractivity contribution < 1.29 is 9.90 Å². The molecule has 0 aliphatic carbocycles. The van der Waals surface area contributed by atoms with Crippen LogP contribution in [0.25, 0.3) is 0 Å². The zero-order valence-corrected chi connectivity index (χ0v) is 13.6. The predicted molar refractivity (Wildman–Crippen MR) is 91.1 cm³/mol. The molecule has 3 rings (SSSR count). The third-order valence-corrected chi connectivity index (χ3v) is 4.66. The van der Waals surface area contributed by atoms with Crippen molar-refractivity contribution >= 4 is 34.3 Å². The Hall–Kier alpha value is -2.32. The van der Waals surface area contributed by atoms with E-state index in [2.05, 4.69) is 20.3 Å². The number of imidazole rings is 1. The second-order valence-corrected chi connectivity index (χ2v) is 6.19. The summed E-state index contributed by atoms with van der Waals surface area (Å²) < 4.78 is 0. The van der Waals surface area contributed by atoms with E-state index in [9.17, 15) is 9.90 Å². The Morgan fingerprint density at radius 2 is 2.22 bits per heavy atom. The molecule has 120 valence electrons. The lowest BCUT2D eigenvalue weighted by molar-refractivity contribution is 0.0959. The number of aromatic nitrogens is 2. The van der Waals surface area contributed by atoms with E-state index in [0.717, 1.165) is 5.69 Å². The van der Waals surface area contributed by atoms with Gasteiger partial charge in [-0.1, -0.05) is 30.0 Å². The average Bonchev–Trinajstić information content (AvgIpc) is 3.12. The van der Waals surface area contributed by atoms with Gasteiger partial charge in [0.05, 0.1) is 6.33 Å². The summed E-state index contributed by atoms with van der Waals surface area (Å²) in [4.78, 5) is 24.9. The van der Waals surface area contributed by atoms with Crippen LogP contribution in [0, 0.1) is 0 Å². The second kappa shape index (κ2) is 6.05. The molecule has 3 N–H and O–H groups in total. The van der Waals surface area contributed by atoms with Crippen molar-refractivity contribution in [3.8, 4) is 0 Å². The van der Waals surface area contributed by atoms with Crippen molar-refractivity contribution in [2.24, 2.45) is 4.99 Å². The van der Waals surface area contributed by atoms with E-state index in [1.165, 1.54) is 18.1 Å². The van der Waals surface area contributed by atoms with Gasteiger partial charge in [-0.3, -0.25) is 9.69 Å². The highest BCUT2D eigenvalue weighted by atomic mass is 32.2. The van der Waals surface area contributed by atoms with Crippen LogP contribution in [0.15, 0.2) is 41.7 Å². The number of aliphatic imine (C=N–C) groups is 1. The molecule has 1 unspecified atom stereocenters. The normalized spacial score (nSPS) is 22.6. The molecule has 1 atom stereocenters. The molecule has 0 radical (unpaired) electrons. The fourth-order valence-corrected chi connectivity index (χ4v) is 3.45. The summed E-state index contributed by atoms with van der Waals surface area (Å²) in [5, 5.41) is 13.8. The van der Waals surface area contributed by atoms with E-state index in [-0.39, 0.29) is 5.91 Å². The molecule has 2 aromatic rings. The number of benzene rings is 1. The quantitative estimate of drug-likeness (QED) is 0.796. The summed E-state index contributed by atoms with van der Waals surface area (Å²) in [7, 11) is 1.55. The third kappa shape index (κ3) is 2.95. The molecular weight excluding hydrogens is 314 g/mol. The first-order chi connectivity index (χ1) is 11.0. The van der Waals surface area contributed by atoms with Crippen LogP contribution in [0.5, 0.6) is 0 Å². The number of aromatic amines is 1. The number of amides is 1. The van der Waals surface area contributed by atoms with Crippen LogP contribution < -0.4 is 10.2 Å². The molecule has 0 saturated carbocycles. The maximum atomic E-state index is 11.8. The second-order valence-electron chi connectivity index (χ2n) is 5.25. The first kappa shape index (κ1) is 15.6. The molecule has 7 nitrogen and oxygen atoms in total. The maximum Gasteiger partial charge on any atom is 0.271 e. The van der Waals surface area contributed by atoms with E-state index in [4.69, 9.17) is 0 Å². The Bertz CT molecular complexity index is 741. The lowest BCUT2D eigenvalue weighted by atomic mass is 10.2. The molecule has 0 spiro atoms. The Morgan fingerprint density at radius 3 is 2.91 bits per heavy atom. The van der Waals surface area contributed by atoms with E-state index in [1.54, 1.807) is 18.9 Å². The van der Waals surface area contributed by atoms with Crippen LogP contribution in [-0.2, 0) is 0 Å². The van der Waals surface area contributed by atoms with Gasteiger partial charge in [-0.2, -0.15) is 0 Å². The minimum atomic E-state index is -1.06. The van der Waals surface area contributed by atoms with E-state index >= 15 is 0 Å². The molecule has 1 fully saturated rings. The number of hydrogen-bond acceptors (Lipinski definition) is 5. The number of carbonyl (C=O) groups is 1. The third-order valence-electron chi connectivity index (χ3n) is 3.44. The van der Waals surface area contributed by atoms with Crippen LogP contribution in [-0.4, -0.2) is 44.7 Å². The van der Waals surface area contributed by atoms with Gasteiger partial charge in [0, 0.05) is 18.5 Å². The Labute approximate surface area is 137 Å². The van der Waals surface area contributed by atoms with Gasteiger partial charge in [0.2, 0.25) is 0 Å². The number of anilines is 1. The fourth-order valence-electron chi connectivity index (χ4n) is 2.34. The molecule has 23 heavy (non-hydrogen) atoms. The number of nitrogens with zero attached hydrogens (tertiary/aromatic N) is 3. The highest BCUT2D eigenvalue weighted by Gasteiger charge is 2.40. The molecule has 1 aliphatic heterocycles. The minimum Gasteiger partial charge on any atom is -0.370 e. The number of carbonyl (C=O) groups excluding carboxylic acids is 1. The van der Waals surface area contributed by atoms with Crippen molar-refractivity contribution in [1.82, 2.24) is 15.3 Å². The molecule has 1 aliphatic rings. The van der Waals surface area contributed by atoms with Gasteiger partial charge in [0.25, 0.3) is 5.91 Å². The lowest BCUT2D eigenvalue weighted by Crippen LogP contribution is -2.45. The zero-order chi connectivity index (χ0) is 16.4. The molecule has 1 saturated heterocycles. The van der Waals surface area contributed by atoms with Crippen LogP contribution >= 0.6 is 11.8 Å². The molecule has 1 aromatic heterocycles. The number of aliphatic hydroxyl groups is 1. The van der Waals surface area contributed by atoms with Crippen molar-refractivity contribution in [3.05, 3.63) is 42.4 Å². The Balaban J connectivity index is 2.02. The highest BCUT2D eigenvalue weighted by Crippen LogP contribution is 2.36. The van der Waals surface area contributed by atoms with Gasteiger partial charge >= 0.3 is 0 Å². The fraction of sp³-hybridized carbons (Fsp3) is 0.267. The number of amidine groups is 1. The Kier molecular flexibility index (Phi) is 4.10. The predicted octanol–water partition coefficient (Wildman–Crippen LogP) is 1.72. The average molecular weight is 331 g/mol. The van der Waals surface area contributed by atoms with Crippen LogP contribution in [0.1, 0.15) is 17.4 Å². The summed E-state index contributed by atoms with van der Waals surface area (Å²) in [5.74, 6) is 0.480. The summed E-state index contributed by atoms with van der Waals surface area (Å²) in [6.45, 7) is 1.74. The summed E-state index contributed by atoms with van der Waals surface area (Å²) >= 11 is 1.42. The summed E-state index contributed by atoms with van der Waals surface area (Å²) in [5.41, 5.74) is 0.0624. The van der Waals surface area contributed by atoms with Crippen molar-refractivity contribution in [2.75, 3.05) is 17.7 Å². The highest BCUT2D eigenvalue weighted by molar-refractivity contribution is 8.14. The summed E-state index contributed by atoms with van der Waals surface area (Å²) in [6, 6.07) is 9.52. The SMILES string of the molecule is CNC(=O)c1[nH]cnc1N=C1SCC(C)(O)N1c1ccccc1. The number of rotatable bonds is 3. The van der Waals surface area contributed by atoms with E-state index in [0.29, 0.717) is 22.4 Å². The number of hydrogen-bond donors (Lipinski definition) is 3. The maximum absolute atomic E-state index is 11.8. The van der Waals surface area contributed by atoms with Crippen LogP contribution in [0.2, 0.25) is 0 Å². The van der Waals surface area contributed by atoms with Gasteiger partial charge in [0.15, 0.2) is 22.4 Å². The molecule has 1 amide bonds. The van der Waals surface area contributed by atoms with E-state index in [1.807, 2.05) is 30.3 Å².